The van der Waals surface area contributed by atoms with Crippen LogP contribution >= 0.6 is 11.3 Å². The third-order valence-corrected chi connectivity index (χ3v) is 6.03. The molecule has 2 N–H and O–H groups in total. The minimum absolute atomic E-state index is 0.0858. The Labute approximate surface area is 146 Å². The van der Waals surface area contributed by atoms with Crippen molar-refractivity contribution in [3.8, 4) is 0 Å². The Kier molecular flexibility index (Phi) is 4.54. The summed E-state index contributed by atoms with van der Waals surface area (Å²) in [6.07, 6.45) is 4.64. The number of nitrogens with one attached hydrogen (secondary N) is 2. The molecule has 24 heavy (non-hydrogen) atoms. The molecule has 2 amide bonds. The van der Waals surface area contributed by atoms with Gasteiger partial charge in [-0.25, -0.2) is 4.79 Å². The van der Waals surface area contributed by atoms with E-state index in [4.69, 9.17) is 0 Å². The average molecular weight is 341 g/mol. The van der Waals surface area contributed by atoms with Crippen LogP contribution in [-0.4, -0.2) is 29.1 Å². The maximum absolute atomic E-state index is 12.2. The smallest absolute Gasteiger partial charge is 0.319 e. The Morgan fingerprint density at radius 2 is 1.83 bits per heavy atom. The maximum atomic E-state index is 12.2. The van der Waals surface area contributed by atoms with Crippen molar-refractivity contribution in [3.63, 3.8) is 0 Å². The van der Waals surface area contributed by atoms with E-state index in [1.807, 2.05) is 41.7 Å². The van der Waals surface area contributed by atoms with Crippen molar-refractivity contribution in [2.24, 2.45) is 0 Å². The molecular formula is C19H23N3OS. The number of piperidine rings is 1. The van der Waals surface area contributed by atoms with E-state index in [0.29, 0.717) is 12.1 Å². The first kappa shape index (κ1) is 15.7. The molecule has 2 saturated heterocycles. The highest BCUT2D eigenvalue weighted by Gasteiger charge is 2.40. The van der Waals surface area contributed by atoms with Crippen LogP contribution in [0.25, 0.3) is 0 Å². The number of hydrogen-bond acceptors (Lipinski definition) is 3. The van der Waals surface area contributed by atoms with Crippen LogP contribution in [0.3, 0.4) is 0 Å². The summed E-state index contributed by atoms with van der Waals surface area (Å²) in [6, 6.07) is 15.4. The number of amides is 2. The van der Waals surface area contributed by atoms with Gasteiger partial charge in [0.15, 0.2) is 0 Å². The lowest BCUT2D eigenvalue weighted by Gasteiger charge is -2.39. The fraction of sp³-hybridized carbons (Fsp3) is 0.421. The quantitative estimate of drug-likeness (QED) is 0.880. The second kappa shape index (κ2) is 6.95. The van der Waals surface area contributed by atoms with E-state index in [-0.39, 0.29) is 12.1 Å². The van der Waals surface area contributed by atoms with Crippen molar-refractivity contribution in [2.45, 2.75) is 50.4 Å². The molecule has 126 valence electrons. The third kappa shape index (κ3) is 3.47. The maximum Gasteiger partial charge on any atom is 0.319 e. The lowest BCUT2D eigenvalue weighted by atomic mass is 9.97. The van der Waals surface area contributed by atoms with E-state index >= 15 is 0 Å². The number of urea groups is 1. The summed E-state index contributed by atoms with van der Waals surface area (Å²) < 4.78 is 0. The van der Waals surface area contributed by atoms with Crippen LogP contribution in [0.15, 0.2) is 47.8 Å². The molecule has 4 nitrogen and oxygen atoms in total. The monoisotopic (exact) mass is 341 g/mol. The van der Waals surface area contributed by atoms with Gasteiger partial charge in [0, 0.05) is 35.2 Å². The summed E-state index contributed by atoms with van der Waals surface area (Å²) in [5, 5.41) is 8.25. The Bertz CT molecular complexity index is 659. The molecule has 2 aliphatic rings. The van der Waals surface area contributed by atoms with Gasteiger partial charge in [-0.3, -0.25) is 4.90 Å². The number of para-hydroxylation sites is 1. The third-order valence-electron chi connectivity index (χ3n) is 5.17. The molecular weight excluding hydrogens is 318 g/mol. The van der Waals surface area contributed by atoms with Crippen LogP contribution in [0.5, 0.6) is 0 Å². The van der Waals surface area contributed by atoms with E-state index in [1.165, 1.54) is 17.7 Å². The molecule has 2 bridgehead atoms. The van der Waals surface area contributed by atoms with Gasteiger partial charge in [-0.15, -0.1) is 11.3 Å². The number of rotatable bonds is 4. The molecule has 0 radical (unpaired) electrons. The van der Waals surface area contributed by atoms with Crippen molar-refractivity contribution in [1.82, 2.24) is 10.2 Å². The van der Waals surface area contributed by atoms with Gasteiger partial charge in [-0.2, -0.15) is 0 Å². The SMILES string of the molecule is O=C(Nc1ccccc1)NC1CC2CCC(C1)N2Cc1cccs1. The standard InChI is InChI=1S/C19H23N3OS/c23-19(20-14-5-2-1-3-6-14)21-15-11-16-8-9-17(12-15)22(16)13-18-7-4-10-24-18/h1-7,10,15-17H,8-9,11-13H2,(H2,20,21,23). The molecule has 2 aliphatic heterocycles. The summed E-state index contributed by atoms with van der Waals surface area (Å²) in [6.45, 7) is 1.07. The summed E-state index contributed by atoms with van der Waals surface area (Å²) >= 11 is 1.84. The van der Waals surface area contributed by atoms with Gasteiger partial charge in [0.05, 0.1) is 0 Å². The van der Waals surface area contributed by atoms with Crippen molar-refractivity contribution in [3.05, 3.63) is 52.7 Å². The minimum Gasteiger partial charge on any atom is -0.335 e. The van der Waals surface area contributed by atoms with Crippen LogP contribution < -0.4 is 10.6 Å². The summed E-state index contributed by atoms with van der Waals surface area (Å²) in [7, 11) is 0. The second-order valence-electron chi connectivity index (χ2n) is 6.77. The number of thiophene rings is 1. The number of fused-ring (bicyclic) bond motifs is 2. The molecule has 3 heterocycles. The van der Waals surface area contributed by atoms with Crippen LogP contribution in [0.1, 0.15) is 30.6 Å². The van der Waals surface area contributed by atoms with Gasteiger partial charge in [0.1, 0.15) is 0 Å². The second-order valence-corrected chi connectivity index (χ2v) is 7.80. The molecule has 1 aromatic heterocycles. The first-order valence-corrected chi connectivity index (χ1v) is 9.56. The highest BCUT2D eigenvalue weighted by molar-refractivity contribution is 7.09. The zero-order valence-electron chi connectivity index (χ0n) is 13.7. The number of anilines is 1. The van der Waals surface area contributed by atoms with Crippen molar-refractivity contribution in [2.75, 3.05) is 5.32 Å². The van der Waals surface area contributed by atoms with E-state index in [1.54, 1.807) is 0 Å². The molecule has 1 aromatic carbocycles. The van der Waals surface area contributed by atoms with Crippen LogP contribution in [-0.2, 0) is 6.54 Å². The zero-order valence-corrected chi connectivity index (χ0v) is 14.5. The molecule has 0 aliphatic carbocycles. The predicted molar refractivity (Wildman–Crippen MR) is 98.3 cm³/mol. The highest BCUT2D eigenvalue weighted by atomic mass is 32.1. The molecule has 0 saturated carbocycles. The number of nitrogens with zero attached hydrogens (tertiary/aromatic N) is 1. The van der Waals surface area contributed by atoms with E-state index in [2.05, 4.69) is 33.0 Å². The topological polar surface area (TPSA) is 44.4 Å². The van der Waals surface area contributed by atoms with Crippen molar-refractivity contribution in [1.29, 1.82) is 0 Å². The van der Waals surface area contributed by atoms with Gasteiger partial charge in [0.2, 0.25) is 0 Å². The van der Waals surface area contributed by atoms with Gasteiger partial charge in [0.25, 0.3) is 0 Å². The largest absolute Gasteiger partial charge is 0.335 e. The van der Waals surface area contributed by atoms with Crippen LogP contribution in [0.2, 0.25) is 0 Å². The van der Waals surface area contributed by atoms with Crippen molar-refractivity contribution < 1.29 is 4.79 Å². The molecule has 2 aromatic rings. The van der Waals surface area contributed by atoms with Crippen molar-refractivity contribution >= 4 is 23.1 Å². The Morgan fingerprint density at radius 1 is 1.08 bits per heavy atom. The number of benzene rings is 1. The Balaban J connectivity index is 1.32. The number of hydrogen-bond donors (Lipinski definition) is 2. The Morgan fingerprint density at radius 3 is 2.50 bits per heavy atom. The minimum atomic E-state index is -0.0858. The van der Waals surface area contributed by atoms with Gasteiger partial charge < -0.3 is 10.6 Å². The first-order chi connectivity index (χ1) is 11.8. The number of carbonyl (C=O) groups is 1. The highest BCUT2D eigenvalue weighted by Crippen LogP contribution is 2.37. The first-order valence-electron chi connectivity index (χ1n) is 8.68. The normalized spacial score (nSPS) is 26.2. The number of carbonyl (C=O) groups excluding carboxylic acids is 1. The van der Waals surface area contributed by atoms with Gasteiger partial charge in [-0.05, 0) is 49.3 Å². The van der Waals surface area contributed by atoms with E-state index in [9.17, 15) is 4.79 Å². The summed E-state index contributed by atoms with van der Waals surface area (Å²) in [5.41, 5.74) is 0.841. The van der Waals surface area contributed by atoms with Gasteiger partial charge in [-0.1, -0.05) is 24.3 Å². The summed E-state index contributed by atoms with van der Waals surface area (Å²) in [5.74, 6) is 0. The predicted octanol–water partition coefficient (Wildman–Crippen LogP) is 4.07. The molecule has 0 spiro atoms. The molecule has 5 heteroatoms. The van der Waals surface area contributed by atoms with Crippen LogP contribution in [0.4, 0.5) is 10.5 Å². The Hall–Kier alpha value is -1.85. The lowest BCUT2D eigenvalue weighted by Crippen LogP contribution is -2.50. The van der Waals surface area contributed by atoms with Crippen LogP contribution in [0, 0.1) is 0 Å². The molecule has 2 unspecified atom stereocenters. The van der Waals surface area contributed by atoms with Gasteiger partial charge >= 0.3 is 6.03 Å². The van der Waals surface area contributed by atoms with E-state index in [0.717, 1.165) is 25.1 Å². The molecule has 4 rings (SSSR count). The fourth-order valence-electron chi connectivity index (χ4n) is 4.11. The zero-order chi connectivity index (χ0) is 16.4. The summed E-state index contributed by atoms with van der Waals surface area (Å²) in [4.78, 5) is 16.3. The molecule has 2 atom stereocenters. The molecule has 2 fully saturated rings. The van der Waals surface area contributed by atoms with E-state index < -0.39 is 0 Å². The average Bonchev–Trinajstić information content (AvgIpc) is 3.16. The lowest BCUT2D eigenvalue weighted by molar-refractivity contribution is 0.113. The fourth-order valence-corrected chi connectivity index (χ4v) is 4.82.